The van der Waals surface area contributed by atoms with Crippen LogP contribution in [0.2, 0.25) is 0 Å². The smallest absolute Gasteiger partial charge is 0.144 e. The van der Waals surface area contributed by atoms with Gasteiger partial charge >= 0.3 is 0 Å². The Hall–Kier alpha value is -3.60. The number of carbonyl (C=O) groups is 1. The van der Waals surface area contributed by atoms with Crippen LogP contribution in [0.1, 0.15) is 35.9 Å². The Bertz CT molecular complexity index is 1170. The molecule has 2 aliphatic rings. The number of hydrogen-bond acceptors (Lipinski definition) is 5. The normalized spacial score (nSPS) is 22.0. The summed E-state index contributed by atoms with van der Waals surface area (Å²) in [5.41, 5.74) is 4.84. The van der Waals surface area contributed by atoms with Gasteiger partial charge in [0.25, 0.3) is 0 Å². The number of nitrogens with one attached hydrogen (secondary N) is 1. The van der Waals surface area contributed by atoms with E-state index >= 15 is 0 Å². The molecule has 5 nitrogen and oxygen atoms in total. The van der Waals surface area contributed by atoms with Crippen molar-refractivity contribution in [3.63, 3.8) is 0 Å². The predicted molar refractivity (Wildman–Crippen MR) is 126 cm³/mol. The molecule has 0 bridgehead atoms. The second-order valence-electron chi connectivity index (χ2n) is 8.31. The van der Waals surface area contributed by atoms with Crippen LogP contribution in [-0.4, -0.2) is 25.7 Å². The third-order valence-corrected chi connectivity index (χ3v) is 6.48. The third-order valence-electron chi connectivity index (χ3n) is 6.48. The molecule has 32 heavy (non-hydrogen) atoms. The minimum absolute atomic E-state index is 0.104. The number of fused-ring (bicyclic) bond motifs is 2. The molecule has 0 spiro atoms. The van der Waals surface area contributed by atoms with Gasteiger partial charge in [-0.05, 0) is 48.2 Å². The number of rotatable bonds is 4. The maximum Gasteiger partial charge on any atom is 0.144 e. The van der Waals surface area contributed by atoms with Crippen molar-refractivity contribution < 1.29 is 14.3 Å². The zero-order valence-electron chi connectivity index (χ0n) is 18.2. The van der Waals surface area contributed by atoms with Gasteiger partial charge in [-0.3, -0.25) is 9.79 Å². The summed E-state index contributed by atoms with van der Waals surface area (Å²) in [6, 6.07) is 23.7. The van der Waals surface area contributed by atoms with Gasteiger partial charge in [0.2, 0.25) is 0 Å². The van der Waals surface area contributed by atoms with Gasteiger partial charge in [-0.2, -0.15) is 0 Å². The van der Waals surface area contributed by atoms with Gasteiger partial charge in [0.15, 0.2) is 0 Å². The molecule has 1 aliphatic heterocycles. The van der Waals surface area contributed by atoms with Gasteiger partial charge in [-0.25, -0.2) is 0 Å². The topological polar surface area (TPSA) is 59.9 Å². The van der Waals surface area contributed by atoms with Gasteiger partial charge in [-0.1, -0.05) is 42.5 Å². The van der Waals surface area contributed by atoms with E-state index in [9.17, 15) is 4.79 Å². The Kier molecular flexibility index (Phi) is 5.39. The van der Waals surface area contributed by atoms with Crippen LogP contribution < -0.4 is 14.8 Å². The minimum atomic E-state index is -0.340. The van der Waals surface area contributed by atoms with Crippen molar-refractivity contribution >= 4 is 22.9 Å². The van der Waals surface area contributed by atoms with E-state index in [4.69, 9.17) is 14.5 Å². The summed E-state index contributed by atoms with van der Waals surface area (Å²) < 4.78 is 10.9. The third kappa shape index (κ3) is 3.64. The SMILES string of the molecule is COc1ccc(C2CC(=O)C3C(=Nc4ccccc4NC3c3ccccc3OC)C2)cc1. The maximum atomic E-state index is 13.6. The van der Waals surface area contributed by atoms with Crippen molar-refractivity contribution in [3.05, 3.63) is 83.9 Å². The molecule has 5 heteroatoms. The van der Waals surface area contributed by atoms with Crippen LogP contribution in [0, 0.1) is 5.92 Å². The summed E-state index contributed by atoms with van der Waals surface area (Å²) in [6.45, 7) is 0. The molecule has 1 aliphatic carbocycles. The molecule has 162 valence electrons. The summed E-state index contributed by atoms with van der Waals surface area (Å²) in [6.07, 6.45) is 1.23. The van der Waals surface area contributed by atoms with Crippen molar-refractivity contribution in [1.29, 1.82) is 0 Å². The molecule has 3 aromatic carbocycles. The Morgan fingerprint density at radius 1 is 0.875 bits per heavy atom. The predicted octanol–water partition coefficient (Wildman–Crippen LogP) is 5.71. The Labute approximate surface area is 188 Å². The van der Waals surface area contributed by atoms with E-state index in [2.05, 4.69) is 17.4 Å². The lowest BCUT2D eigenvalue weighted by Crippen LogP contribution is -2.38. The zero-order chi connectivity index (χ0) is 22.1. The first-order chi connectivity index (χ1) is 15.7. The largest absolute Gasteiger partial charge is 0.497 e. The van der Waals surface area contributed by atoms with Crippen LogP contribution >= 0.6 is 0 Å². The van der Waals surface area contributed by atoms with Gasteiger partial charge in [0.1, 0.15) is 17.3 Å². The van der Waals surface area contributed by atoms with Gasteiger partial charge in [0.05, 0.1) is 37.6 Å². The van der Waals surface area contributed by atoms with Gasteiger partial charge < -0.3 is 14.8 Å². The van der Waals surface area contributed by atoms with Crippen LogP contribution in [0.15, 0.2) is 77.8 Å². The number of anilines is 1. The lowest BCUT2D eigenvalue weighted by atomic mass is 9.72. The first-order valence-corrected chi connectivity index (χ1v) is 10.9. The number of nitrogens with zero attached hydrogens (tertiary/aromatic N) is 1. The van der Waals surface area contributed by atoms with Crippen molar-refractivity contribution in [3.8, 4) is 11.5 Å². The molecule has 0 aromatic heterocycles. The van der Waals surface area contributed by atoms with Gasteiger partial charge in [-0.15, -0.1) is 0 Å². The lowest BCUT2D eigenvalue weighted by molar-refractivity contribution is -0.122. The molecular formula is C27H26N2O3. The number of carbonyl (C=O) groups excluding carboxylic acids is 1. The Morgan fingerprint density at radius 2 is 1.62 bits per heavy atom. The highest BCUT2D eigenvalue weighted by Gasteiger charge is 2.42. The highest BCUT2D eigenvalue weighted by atomic mass is 16.5. The molecule has 3 atom stereocenters. The first kappa shape index (κ1) is 20.3. The molecule has 1 heterocycles. The highest BCUT2D eigenvalue weighted by Crippen LogP contribution is 2.45. The molecule has 3 aromatic rings. The summed E-state index contributed by atoms with van der Waals surface area (Å²) in [7, 11) is 3.33. The highest BCUT2D eigenvalue weighted by molar-refractivity contribution is 6.11. The number of Topliss-reactive ketones (excluding diaryl/α,β-unsaturated/α-hetero) is 1. The summed E-state index contributed by atoms with van der Waals surface area (Å²) in [4.78, 5) is 18.7. The van der Waals surface area contributed by atoms with E-state index < -0.39 is 0 Å². The van der Waals surface area contributed by atoms with Gasteiger partial charge in [0, 0.05) is 17.7 Å². The molecule has 0 saturated heterocycles. The summed E-state index contributed by atoms with van der Waals surface area (Å²) in [5, 5.41) is 3.62. The van der Waals surface area contributed by atoms with E-state index in [0.29, 0.717) is 6.42 Å². The molecule has 5 rings (SSSR count). The summed E-state index contributed by atoms with van der Waals surface area (Å²) >= 11 is 0. The fourth-order valence-electron chi connectivity index (χ4n) is 4.89. The molecule has 0 radical (unpaired) electrons. The average molecular weight is 427 g/mol. The maximum absolute atomic E-state index is 13.6. The number of methoxy groups -OCH3 is 2. The Balaban J connectivity index is 1.58. The van der Waals surface area contributed by atoms with Crippen LogP contribution in [-0.2, 0) is 4.79 Å². The van der Waals surface area contributed by atoms with E-state index in [1.807, 2.05) is 60.7 Å². The van der Waals surface area contributed by atoms with Crippen LogP contribution in [0.4, 0.5) is 11.4 Å². The lowest BCUT2D eigenvalue weighted by Gasteiger charge is -2.34. The Morgan fingerprint density at radius 3 is 2.41 bits per heavy atom. The monoisotopic (exact) mass is 426 g/mol. The van der Waals surface area contributed by atoms with Crippen LogP contribution in [0.3, 0.4) is 0 Å². The molecular weight excluding hydrogens is 400 g/mol. The quantitative estimate of drug-likeness (QED) is 0.581. The molecule has 1 saturated carbocycles. The molecule has 1 N–H and O–H groups in total. The van der Waals surface area contributed by atoms with Crippen molar-refractivity contribution in [2.24, 2.45) is 10.9 Å². The molecule has 1 fully saturated rings. The standard InChI is InChI=1S/C27H26N2O3/c1-31-19-13-11-17(12-14-19)18-15-23-26(24(30)16-18)27(20-7-3-6-10-25(20)32-2)29-22-9-5-4-8-21(22)28-23/h3-14,18,26-27,29H,15-16H2,1-2H3. The van der Waals surface area contributed by atoms with Crippen molar-refractivity contribution in [2.75, 3.05) is 19.5 Å². The second-order valence-corrected chi connectivity index (χ2v) is 8.31. The van der Waals surface area contributed by atoms with E-state index in [0.717, 1.165) is 46.1 Å². The number of ketones is 1. The van der Waals surface area contributed by atoms with E-state index in [1.165, 1.54) is 0 Å². The fraction of sp³-hybridized carbons (Fsp3) is 0.259. The number of para-hydroxylation sites is 3. The molecule has 3 unspecified atom stereocenters. The van der Waals surface area contributed by atoms with E-state index in [1.54, 1.807) is 14.2 Å². The average Bonchev–Trinajstić information content (AvgIpc) is 3.01. The zero-order valence-corrected chi connectivity index (χ0v) is 18.2. The van der Waals surface area contributed by atoms with Crippen LogP contribution in [0.5, 0.6) is 11.5 Å². The van der Waals surface area contributed by atoms with E-state index in [-0.39, 0.29) is 23.7 Å². The fourth-order valence-corrected chi connectivity index (χ4v) is 4.89. The van der Waals surface area contributed by atoms with Crippen LogP contribution in [0.25, 0.3) is 0 Å². The van der Waals surface area contributed by atoms with Crippen molar-refractivity contribution in [1.82, 2.24) is 0 Å². The molecule has 0 amide bonds. The number of hydrogen-bond donors (Lipinski definition) is 1. The number of benzene rings is 3. The van der Waals surface area contributed by atoms with Crippen molar-refractivity contribution in [2.45, 2.75) is 24.8 Å². The first-order valence-electron chi connectivity index (χ1n) is 10.9. The minimum Gasteiger partial charge on any atom is -0.497 e. The number of aliphatic imine (C=N–C) groups is 1. The second kappa shape index (κ2) is 8.50. The summed E-state index contributed by atoms with van der Waals surface area (Å²) in [5.74, 6) is 1.55. The number of ether oxygens (including phenoxy) is 2.